The van der Waals surface area contributed by atoms with Crippen LogP contribution in [-0.2, 0) is 0 Å². The lowest BCUT2D eigenvalue weighted by Crippen LogP contribution is -2.09. The zero-order valence-corrected chi connectivity index (χ0v) is 17.1. The highest BCUT2D eigenvalue weighted by atomic mass is 32.1. The third-order valence-electron chi connectivity index (χ3n) is 4.79. The standard InChI is InChI=1S/C24H15NO5S/c1-28-15-6-4-5-14(11-15)24(27)30-16-9-10-17-20(12-16)29-13-18(22(17)26)23-25-19-7-2-3-8-21(19)31-23/h2-13H,1H3. The fourth-order valence-electron chi connectivity index (χ4n) is 3.22. The lowest BCUT2D eigenvalue weighted by atomic mass is 10.1. The Labute approximate surface area is 180 Å². The van der Waals surface area contributed by atoms with Crippen molar-refractivity contribution in [1.82, 2.24) is 4.98 Å². The summed E-state index contributed by atoms with van der Waals surface area (Å²) in [7, 11) is 1.53. The van der Waals surface area contributed by atoms with Crippen LogP contribution in [0.1, 0.15) is 10.4 Å². The van der Waals surface area contributed by atoms with Crippen molar-refractivity contribution in [3.8, 4) is 22.1 Å². The summed E-state index contributed by atoms with van der Waals surface area (Å²) in [6.07, 6.45) is 1.40. The van der Waals surface area contributed by atoms with Crippen LogP contribution in [0.25, 0.3) is 31.8 Å². The van der Waals surface area contributed by atoms with E-state index in [1.54, 1.807) is 36.4 Å². The van der Waals surface area contributed by atoms with E-state index in [9.17, 15) is 9.59 Å². The van der Waals surface area contributed by atoms with Gasteiger partial charge in [-0.1, -0.05) is 18.2 Å². The van der Waals surface area contributed by atoms with Crippen LogP contribution < -0.4 is 14.9 Å². The number of hydrogen-bond acceptors (Lipinski definition) is 7. The largest absolute Gasteiger partial charge is 0.497 e. The number of carbonyl (C=O) groups excluding carboxylic acids is 1. The van der Waals surface area contributed by atoms with Gasteiger partial charge in [-0.3, -0.25) is 4.79 Å². The number of carbonyl (C=O) groups is 1. The van der Waals surface area contributed by atoms with Gasteiger partial charge in [0.25, 0.3) is 0 Å². The number of benzene rings is 3. The quantitative estimate of drug-likeness (QED) is 0.285. The molecule has 31 heavy (non-hydrogen) atoms. The zero-order valence-electron chi connectivity index (χ0n) is 16.3. The van der Waals surface area contributed by atoms with E-state index in [2.05, 4.69) is 4.98 Å². The van der Waals surface area contributed by atoms with Gasteiger partial charge in [-0.25, -0.2) is 9.78 Å². The summed E-state index contributed by atoms with van der Waals surface area (Å²) in [6.45, 7) is 0. The van der Waals surface area contributed by atoms with Gasteiger partial charge < -0.3 is 13.9 Å². The van der Waals surface area contributed by atoms with Crippen molar-refractivity contribution in [2.24, 2.45) is 0 Å². The number of esters is 1. The van der Waals surface area contributed by atoms with Crippen LogP contribution in [0.5, 0.6) is 11.5 Å². The fraction of sp³-hybridized carbons (Fsp3) is 0.0417. The van der Waals surface area contributed by atoms with Gasteiger partial charge in [0.1, 0.15) is 28.4 Å². The van der Waals surface area contributed by atoms with Gasteiger partial charge in [0.15, 0.2) is 0 Å². The first-order valence-corrected chi connectivity index (χ1v) is 10.2. The highest BCUT2D eigenvalue weighted by Crippen LogP contribution is 2.30. The van der Waals surface area contributed by atoms with Gasteiger partial charge in [-0.2, -0.15) is 0 Å². The van der Waals surface area contributed by atoms with Crippen molar-refractivity contribution in [2.45, 2.75) is 0 Å². The lowest BCUT2D eigenvalue weighted by Gasteiger charge is -2.07. The van der Waals surface area contributed by atoms with Gasteiger partial charge in [-0.05, 0) is 42.5 Å². The molecule has 6 nitrogen and oxygen atoms in total. The van der Waals surface area contributed by atoms with Gasteiger partial charge >= 0.3 is 5.97 Å². The molecule has 0 aliphatic carbocycles. The molecule has 0 saturated carbocycles. The number of rotatable bonds is 4. The number of methoxy groups -OCH3 is 1. The summed E-state index contributed by atoms with van der Waals surface area (Å²) >= 11 is 1.43. The van der Waals surface area contributed by atoms with E-state index in [0.717, 1.165) is 10.2 Å². The smallest absolute Gasteiger partial charge is 0.343 e. The summed E-state index contributed by atoms with van der Waals surface area (Å²) in [5.41, 5.74) is 1.72. The first-order valence-electron chi connectivity index (χ1n) is 9.40. The first kappa shape index (κ1) is 19.0. The summed E-state index contributed by atoms with van der Waals surface area (Å²) in [5, 5.41) is 0.989. The van der Waals surface area contributed by atoms with E-state index in [-0.39, 0.29) is 11.2 Å². The van der Waals surface area contributed by atoms with Crippen molar-refractivity contribution in [1.29, 1.82) is 0 Å². The molecule has 0 N–H and O–H groups in total. The predicted molar refractivity (Wildman–Crippen MR) is 119 cm³/mol. The third-order valence-corrected chi connectivity index (χ3v) is 5.86. The average Bonchev–Trinajstić information content (AvgIpc) is 3.23. The Morgan fingerprint density at radius 1 is 1.00 bits per heavy atom. The molecule has 7 heteroatoms. The molecular formula is C24H15NO5S. The molecule has 0 amide bonds. The fourth-order valence-corrected chi connectivity index (χ4v) is 4.19. The minimum Gasteiger partial charge on any atom is -0.497 e. The second-order valence-corrected chi connectivity index (χ2v) is 7.78. The number of ether oxygens (including phenoxy) is 2. The number of nitrogens with zero attached hydrogens (tertiary/aromatic N) is 1. The minimum absolute atomic E-state index is 0.189. The Balaban J connectivity index is 1.47. The van der Waals surface area contributed by atoms with Gasteiger partial charge in [-0.15, -0.1) is 11.3 Å². The van der Waals surface area contributed by atoms with Crippen LogP contribution in [0.4, 0.5) is 0 Å². The number of thiazole rings is 1. The van der Waals surface area contributed by atoms with E-state index in [1.165, 1.54) is 30.8 Å². The van der Waals surface area contributed by atoms with E-state index in [0.29, 0.717) is 32.9 Å². The molecule has 0 atom stereocenters. The molecule has 5 aromatic rings. The normalized spacial score (nSPS) is 11.0. The summed E-state index contributed by atoms with van der Waals surface area (Å²) < 4.78 is 17.3. The van der Waals surface area contributed by atoms with Crippen LogP contribution in [0, 0.1) is 0 Å². The maximum atomic E-state index is 13.0. The Bertz CT molecular complexity index is 1470. The van der Waals surface area contributed by atoms with Gasteiger partial charge in [0.2, 0.25) is 5.43 Å². The van der Waals surface area contributed by atoms with Gasteiger partial charge in [0.05, 0.1) is 33.8 Å². The molecular weight excluding hydrogens is 414 g/mol. The molecule has 5 rings (SSSR count). The van der Waals surface area contributed by atoms with E-state index in [4.69, 9.17) is 13.9 Å². The molecule has 2 aromatic heterocycles. The number of para-hydroxylation sites is 1. The summed E-state index contributed by atoms with van der Waals surface area (Å²) in [5.74, 6) is 0.296. The van der Waals surface area contributed by atoms with Gasteiger partial charge in [0, 0.05) is 6.07 Å². The van der Waals surface area contributed by atoms with E-state index in [1.807, 2.05) is 24.3 Å². The zero-order chi connectivity index (χ0) is 21.4. The average molecular weight is 429 g/mol. The number of fused-ring (bicyclic) bond motifs is 2. The molecule has 0 saturated heterocycles. The Kier molecular flexibility index (Phi) is 4.72. The second kappa shape index (κ2) is 7.70. The van der Waals surface area contributed by atoms with Crippen molar-refractivity contribution in [2.75, 3.05) is 7.11 Å². The van der Waals surface area contributed by atoms with E-state index >= 15 is 0 Å². The van der Waals surface area contributed by atoms with E-state index < -0.39 is 5.97 Å². The van der Waals surface area contributed by atoms with Crippen LogP contribution in [-0.4, -0.2) is 18.1 Å². The maximum Gasteiger partial charge on any atom is 0.343 e. The Hall–Kier alpha value is -3.97. The monoisotopic (exact) mass is 429 g/mol. The molecule has 3 aromatic carbocycles. The predicted octanol–water partition coefficient (Wildman–Crippen LogP) is 5.30. The first-order chi connectivity index (χ1) is 15.1. The number of aromatic nitrogens is 1. The van der Waals surface area contributed by atoms with Crippen molar-refractivity contribution < 1.29 is 18.7 Å². The Morgan fingerprint density at radius 3 is 2.71 bits per heavy atom. The van der Waals surface area contributed by atoms with Crippen molar-refractivity contribution in [3.63, 3.8) is 0 Å². The highest BCUT2D eigenvalue weighted by Gasteiger charge is 2.15. The van der Waals surface area contributed by atoms with Crippen LogP contribution >= 0.6 is 11.3 Å². The molecule has 0 bridgehead atoms. The maximum absolute atomic E-state index is 13.0. The molecule has 0 fully saturated rings. The molecule has 152 valence electrons. The van der Waals surface area contributed by atoms with Crippen LogP contribution in [0.2, 0.25) is 0 Å². The Morgan fingerprint density at radius 2 is 1.87 bits per heavy atom. The van der Waals surface area contributed by atoms with Crippen molar-refractivity contribution >= 4 is 38.5 Å². The highest BCUT2D eigenvalue weighted by molar-refractivity contribution is 7.21. The molecule has 0 aliphatic rings. The molecule has 0 aliphatic heterocycles. The van der Waals surface area contributed by atoms with Crippen molar-refractivity contribution in [3.05, 3.63) is 88.8 Å². The van der Waals surface area contributed by atoms with Crippen LogP contribution in [0.15, 0.2) is 82.2 Å². The second-order valence-electron chi connectivity index (χ2n) is 6.74. The molecule has 0 radical (unpaired) electrons. The summed E-state index contributed by atoms with van der Waals surface area (Å²) in [6, 6.07) is 19.1. The number of hydrogen-bond donors (Lipinski definition) is 0. The molecule has 0 unspecified atom stereocenters. The third kappa shape index (κ3) is 3.55. The topological polar surface area (TPSA) is 78.6 Å². The SMILES string of the molecule is COc1cccc(C(=O)Oc2ccc3c(=O)c(-c4nc5ccccc5s4)coc3c2)c1. The minimum atomic E-state index is -0.535. The summed E-state index contributed by atoms with van der Waals surface area (Å²) in [4.78, 5) is 30.0. The molecule has 0 spiro atoms. The van der Waals surface area contributed by atoms with Crippen LogP contribution in [0.3, 0.4) is 0 Å². The lowest BCUT2D eigenvalue weighted by molar-refractivity contribution is 0.0734. The molecule has 2 heterocycles.